The Morgan fingerprint density at radius 1 is 0.872 bits per heavy atom. The van der Waals surface area contributed by atoms with Crippen molar-refractivity contribution in [3.8, 4) is 34.5 Å². The van der Waals surface area contributed by atoms with E-state index in [1.165, 1.54) is 28.5 Å². The van der Waals surface area contributed by atoms with E-state index in [1.807, 2.05) is 24.3 Å². The number of allylic oxidation sites excluding steroid dienone is 3. The van der Waals surface area contributed by atoms with Gasteiger partial charge >= 0.3 is 0 Å². The molecule has 5 aromatic rings. The molecule has 0 amide bonds. The fourth-order valence-corrected chi connectivity index (χ4v) is 6.06. The molecule has 0 saturated heterocycles. The molecule has 6 rings (SSSR count). The van der Waals surface area contributed by atoms with Crippen LogP contribution < -0.4 is 5.73 Å². The van der Waals surface area contributed by atoms with E-state index in [0.29, 0.717) is 17.6 Å². The highest BCUT2D eigenvalue weighted by Crippen LogP contribution is 2.51. The second-order valence-electron chi connectivity index (χ2n) is 10.4. The Hall–Kier alpha value is -5.19. The van der Waals surface area contributed by atoms with Gasteiger partial charge in [-0.1, -0.05) is 68.5 Å². The Labute approximate surface area is 228 Å². The zero-order valence-corrected chi connectivity index (χ0v) is 21.9. The van der Waals surface area contributed by atoms with Crippen LogP contribution in [0.15, 0.2) is 103 Å². The summed E-state index contributed by atoms with van der Waals surface area (Å²) in [6.45, 7) is 4.56. The molecule has 0 saturated carbocycles. The molecule has 1 aliphatic carbocycles. The van der Waals surface area contributed by atoms with Gasteiger partial charge in [-0.2, -0.15) is 10.5 Å². The lowest BCUT2D eigenvalue weighted by atomic mass is 9.80. The molecule has 0 atom stereocenters. The molecule has 0 spiro atoms. The molecular weight excluding hydrogens is 476 g/mol. The van der Waals surface area contributed by atoms with E-state index in [4.69, 9.17) is 10.7 Å². The van der Waals surface area contributed by atoms with Crippen molar-refractivity contribution in [1.29, 1.82) is 10.5 Å². The molecular formula is C35H26N4. The smallest absolute Gasteiger partial charge is 0.0992 e. The number of hydrogen-bond donors (Lipinski definition) is 1. The summed E-state index contributed by atoms with van der Waals surface area (Å²) in [6.07, 6.45) is 7.24. The van der Waals surface area contributed by atoms with Crippen LogP contribution in [0.2, 0.25) is 0 Å². The van der Waals surface area contributed by atoms with Gasteiger partial charge in [0.15, 0.2) is 0 Å². The maximum Gasteiger partial charge on any atom is 0.0992 e. The average molecular weight is 503 g/mol. The molecule has 0 aliphatic heterocycles. The number of rotatable bonds is 4. The van der Waals surface area contributed by atoms with E-state index in [1.54, 1.807) is 18.3 Å². The predicted molar refractivity (Wildman–Crippen MR) is 158 cm³/mol. The first kappa shape index (κ1) is 24.2. The van der Waals surface area contributed by atoms with Gasteiger partial charge in [0.2, 0.25) is 0 Å². The Balaban J connectivity index is 1.77. The number of fused-ring (bicyclic) bond motifs is 5. The lowest BCUT2D eigenvalue weighted by Crippen LogP contribution is -2.15. The van der Waals surface area contributed by atoms with Gasteiger partial charge in [-0.05, 0) is 92.3 Å². The van der Waals surface area contributed by atoms with Gasteiger partial charge in [0, 0.05) is 22.7 Å². The van der Waals surface area contributed by atoms with Crippen LogP contribution in [0.3, 0.4) is 0 Å². The number of hydrogen-bond acceptors (Lipinski definition) is 4. The summed E-state index contributed by atoms with van der Waals surface area (Å²) in [5.74, 6) is 0. The minimum atomic E-state index is -0.155. The first-order valence-electron chi connectivity index (χ1n) is 12.9. The summed E-state index contributed by atoms with van der Waals surface area (Å²) < 4.78 is 0. The van der Waals surface area contributed by atoms with Crippen molar-refractivity contribution in [3.05, 3.63) is 125 Å². The second kappa shape index (κ2) is 9.28. The molecule has 0 unspecified atom stereocenters. The average Bonchev–Trinajstić information content (AvgIpc) is 3.19. The van der Waals surface area contributed by atoms with Gasteiger partial charge in [0.1, 0.15) is 0 Å². The molecule has 4 heteroatoms. The fourth-order valence-electron chi connectivity index (χ4n) is 6.06. The molecule has 1 heterocycles. The summed E-state index contributed by atoms with van der Waals surface area (Å²) in [6, 6.07) is 29.7. The Bertz CT molecular complexity index is 1940. The van der Waals surface area contributed by atoms with Crippen LogP contribution in [0.25, 0.3) is 43.9 Å². The molecule has 0 bridgehead atoms. The van der Waals surface area contributed by atoms with Crippen LogP contribution in [0.1, 0.15) is 36.1 Å². The number of pyridine rings is 1. The number of nitrogens with two attached hydrogens (primary N) is 1. The van der Waals surface area contributed by atoms with Gasteiger partial charge in [0.05, 0.1) is 23.4 Å². The van der Waals surface area contributed by atoms with Crippen molar-refractivity contribution in [3.63, 3.8) is 0 Å². The van der Waals surface area contributed by atoms with E-state index in [9.17, 15) is 10.5 Å². The van der Waals surface area contributed by atoms with Crippen molar-refractivity contribution in [1.82, 2.24) is 4.98 Å². The topological polar surface area (TPSA) is 86.5 Å². The number of nitrogens with zero attached hydrogens (tertiary/aromatic N) is 3. The zero-order valence-electron chi connectivity index (χ0n) is 21.9. The first-order chi connectivity index (χ1) is 19.0. The van der Waals surface area contributed by atoms with Crippen molar-refractivity contribution in [2.75, 3.05) is 0 Å². The van der Waals surface area contributed by atoms with Crippen molar-refractivity contribution in [2.45, 2.75) is 25.7 Å². The number of aromatic nitrogens is 1. The maximum absolute atomic E-state index is 9.64. The number of benzene rings is 4. The maximum atomic E-state index is 9.64. The minimum absolute atomic E-state index is 0.155. The minimum Gasteiger partial charge on any atom is -0.405 e. The van der Waals surface area contributed by atoms with Gasteiger partial charge in [-0.15, -0.1) is 0 Å². The van der Waals surface area contributed by atoms with E-state index in [0.717, 1.165) is 38.4 Å². The summed E-state index contributed by atoms with van der Waals surface area (Å²) in [5, 5.41) is 23.6. The molecule has 4 aromatic carbocycles. The number of nitriles is 2. The van der Waals surface area contributed by atoms with E-state index in [2.05, 4.69) is 74.5 Å². The highest BCUT2D eigenvalue weighted by Gasteiger charge is 2.36. The first-order valence-corrected chi connectivity index (χ1v) is 12.9. The fraction of sp³-hybridized carbons (Fsp3) is 0.114. The van der Waals surface area contributed by atoms with Crippen molar-refractivity contribution in [2.24, 2.45) is 5.73 Å². The SMILES string of the molecule is CC1(C)c2ccccc2-c2cc3c(-c4cc(C#N)ccn4)c4ccccc4c(C/C=C(C#N)\C=C/N)c3cc21. The van der Waals surface area contributed by atoms with Crippen LogP contribution in [-0.2, 0) is 11.8 Å². The highest BCUT2D eigenvalue weighted by molar-refractivity contribution is 6.16. The van der Waals surface area contributed by atoms with Crippen molar-refractivity contribution >= 4 is 21.5 Å². The largest absolute Gasteiger partial charge is 0.405 e. The molecule has 2 N–H and O–H groups in total. The van der Waals surface area contributed by atoms with Crippen LogP contribution in [0, 0.1) is 22.7 Å². The summed E-state index contributed by atoms with van der Waals surface area (Å²) in [5.41, 5.74) is 14.5. The molecule has 4 nitrogen and oxygen atoms in total. The van der Waals surface area contributed by atoms with Crippen LogP contribution in [0.5, 0.6) is 0 Å². The molecule has 0 fully saturated rings. The van der Waals surface area contributed by atoms with Gasteiger partial charge < -0.3 is 5.73 Å². The van der Waals surface area contributed by atoms with Crippen LogP contribution >= 0.6 is 0 Å². The monoisotopic (exact) mass is 502 g/mol. The summed E-state index contributed by atoms with van der Waals surface area (Å²) >= 11 is 0. The second-order valence-corrected chi connectivity index (χ2v) is 10.4. The van der Waals surface area contributed by atoms with Gasteiger partial charge in [-0.3, -0.25) is 4.98 Å². The molecule has 186 valence electrons. The molecule has 1 aliphatic rings. The van der Waals surface area contributed by atoms with Crippen LogP contribution in [-0.4, -0.2) is 4.98 Å². The third kappa shape index (κ3) is 3.78. The Morgan fingerprint density at radius 2 is 1.64 bits per heavy atom. The summed E-state index contributed by atoms with van der Waals surface area (Å²) in [4.78, 5) is 4.74. The standard InChI is InChI=1S/C35H26N4/c1-35(2)31-10-6-5-8-26(31)29-18-30-28(19-32(29)35)25(12-11-22(20-37)13-15-36)24-7-3-4-9-27(24)34(30)33-17-23(21-38)14-16-39-33/h3-11,13-19H,12,36H2,1-2H3/b15-13-,22-11+. The lowest BCUT2D eigenvalue weighted by molar-refractivity contribution is 0.661. The van der Waals surface area contributed by atoms with Crippen LogP contribution in [0.4, 0.5) is 0 Å². The Morgan fingerprint density at radius 3 is 2.41 bits per heavy atom. The Kier molecular flexibility index (Phi) is 5.75. The van der Waals surface area contributed by atoms with E-state index in [-0.39, 0.29) is 5.41 Å². The highest BCUT2D eigenvalue weighted by atomic mass is 14.7. The normalized spacial score (nSPS) is 13.8. The third-order valence-corrected chi connectivity index (χ3v) is 7.91. The van der Waals surface area contributed by atoms with Gasteiger partial charge in [-0.25, -0.2) is 0 Å². The molecule has 39 heavy (non-hydrogen) atoms. The third-order valence-electron chi connectivity index (χ3n) is 7.91. The van der Waals surface area contributed by atoms with Gasteiger partial charge in [0.25, 0.3) is 0 Å². The predicted octanol–water partition coefficient (Wildman–Crippen LogP) is 7.70. The summed E-state index contributed by atoms with van der Waals surface area (Å²) in [7, 11) is 0. The molecule has 0 radical (unpaired) electrons. The van der Waals surface area contributed by atoms with E-state index < -0.39 is 0 Å². The molecule has 1 aromatic heterocycles. The van der Waals surface area contributed by atoms with E-state index >= 15 is 0 Å². The lowest BCUT2D eigenvalue weighted by Gasteiger charge is -2.23. The van der Waals surface area contributed by atoms with Crippen molar-refractivity contribution < 1.29 is 0 Å². The zero-order chi connectivity index (χ0) is 27.1. The quantitative estimate of drug-likeness (QED) is 0.155.